The Kier molecular flexibility index (Phi) is 3.68. The molecule has 1 N–H and O–H groups in total. The average molecular weight is 337 g/mol. The molecule has 0 radical (unpaired) electrons. The molecule has 0 saturated heterocycles. The second kappa shape index (κ2) is 5.51. The summed E-state index contributed by atoms with van der Waals surface area (Å²) < 4.78 is 13.9. The highest BCUT2D eigenvalue weighted by atomic mass is 35.5. The minimum absolute atomic E-state index is 0.0162. The molecular weight excluding hydrogens is 330 g/mol. The van der Waals surface area contributed by atoms with Crippen LogP contribution in [0.2, 0.25) is 10.0 Å². The predicted molar refractivity (Wildman–Crippen MR) is 81.9 cm³/mol. The van der Waals surface area contributed by atoms with Gasteiger partial charge in [0.2, 0.25) is 0 Å². The number of carboxylic acids is 1. The third kappa shape index (κ3) is 2.38. The number of pyridine rings is 2. The van der Waals surface area contributed by atoms with Crippen LogP contribution in [0.3, 0.4) is 0 Å². The van der Waals surface area contributed by atoms with Gasteiger partial charge in [-0.05, 0) is 12.1 Å². The van der Waals surface area contributed by atoms with Crippen LogP contribution in [0.25, 0.3) is 22.0 Å². The number of benzene rings is 1. The van der Waals surface area contributed by atoms with Crippen molar-refractivity contribution < 1.29 is 14.3 Å². The first-order valence-corrected chi connectivity index (χ1v) is 6.85. The van der Waals surface area contributed by atoms with Gasteiger partial charge in [-0.2, -0.15) is 0 Å². The van der Waals surface area contributed by atoms with E-state index in [1.807, 2.05) is 0 Å². The summed E-state index contributed by atoms with van der Waals surface area (Å²) in [6.45, 7) is 0. The van der Waals surface area contributed by atoms with Gasteiger partial charge in [-0.1, -0.05) is 29.3 Å². The number of aromatic carboxylic acids is 1. The van der Waals surface area contributed by atoms with Crippen molar-refractivity contribution in [2.45, 2.75) is 0 Å². The standard InChI is InChI=1S/C15H7Cl2FN2O2/c16-10-4-19-5-11(17)13(10)14-9-3-7(15(21)22)1-2-8(9)12(18)6-20-14/h1-6H,(H,21,22). The summed E-state index contributed by atoms with van der Waals surface area (Å²) in [7, 11) is 0. The molecule has 110 valence electrons. The zero-order chi connectivity index (χ0) is 15.9. The van der Waals surface area contributed by atoms with Gasteiger partial charge in [0, 0.05) is 28.7 Å². The van der Waals surface area contributed by atoms with Gasteiger partial charge in [0.1, 0.15) is 5.82 Å². The van der Waals surface area contributed by atoms with Gasteiger partial charge in [0.05, 0.1) is 27.5 Å². The number of nitrogens with zero attached hydrogens (tertiary/aromatic N) is 2. The molecule has 0 aliphatic rings. The van der Waals surface area contributed by atoms with Gasteiger partial charge in [-0.25, -0.2) is 9.18 Å². The monoisotopic (exact) mass is 336 g/mol. The zero-order valence-corrected chi connectivity index (χ0v) is 12.4. The Hall–Kier alpha value is -2.24. The summed E-state index contributed by atoms with van der Waals surface area (Å²) in [4.78, 5) is 19.0. The molecule has 0 spiro atoms. The van der Waals surface area contributed by atoms with Crippen LogP contribution >= 0.6 is 23.2 Å². The lowest BCUT2D eigenvalue weighted by Gasteiger charge is -2.10. The van der Waals surface area contributed by atoms with Crippen molar-refractivity contribution in [3.63, 3.8) is 0 Å². The van der Waals surface area contributed by atoms with Gasteiger partial charge >= 0.3 is 5.97 Å². The lowest BCUT2D eigenvalue weighted by Crippen LogP contribution is -1.98. The van der Waals surface area contributed by atoms with Gasteiger partial charge in [0.15, 0.2) is 0 Å². The predicted octanol–water partition coefficient (Wildman–Crippen LogP) is 4.44. The molecular formula is C15H7Cl2FN2O2. The summed E-state index contributed by atoms with van der Waals surface area (Å²) >= 11 is 12.2. The van der Waals surface area contributed by atoms with Crippen molar-refractivity contribution in [2.24, 2.45) is 0 Å². The van der Waals surface area contributed by atoms with Gasteiger partial charge in [-0.15, -0.1) is 0 Å². The van der Waals surface area contributed by atoms with Crippen LogP contribution < -0.4 is 0 Å². The lowest BCUT2D eigenvalue weighted by molar-refractivity contribution is 0.0697. The van der Waals surface area contributed by atoms with Crippen molar-refractivity contribution in [1.82, 2.24) is 9.97 Å². The van der Waals surface area contributed by atoms with Crippen LogP contribution in [0, 0.1) is 5.82 Å². The van der Waals surface area contributed by atoms with Crippen molar-refractivity contribution in [1.29, 1.82) is 0 Å². The lowest BCUT2D eigenvalue weighted by atomic mass is 10.0. The molecule has 3 aromatic rings. The maximum Gasteiger partial charge on any atom is 0.335 e. The first kappa shape index (κ1) is 14.7. The molecule has 0 bridgehead atoms. The topological polar surface area (TPSA) is 63.1 Å². The van der Waals surface area contributed by atoms with Crippen molar-refractivity contribution in [3.8, 4) is 11.3 Å². The van der Waals surface area contributed by atoms with E-state index in [9.17, 15) is 9.18 Å². The Bertz CT molecular complexity index is 895. The minimum atomic E-state index is -1.12. The molecule has 2 aromatic heterocycles. The minimum Gasteiger partial charge on any atom is -0.478 e. The maximum absolute atomic E-state index is 13.9. The van der Waals surface area contributed by atoms with Crippen molar-refractivity contribution >= 4 is 39.9 Å². The number of aromatic nitrogens is 2. The Morgan fingerprint density at radius 1 is 1.09 bits per heavy atom. The van der Waals surface area contributed by atoms with E-state index in [1.165, 1.54) is 30.6 Å². The van der Waals surface area contributed by atoms with Crippen LogP contribution in [0.4, 0.5) is 4.39 Å². The van der Waals surface area contributed by atoms with Crippen LogP contribution in [-0.4, -0.2) is 21.0 Å². The first-order valence-electron chi connectivity index (χ1n) is 6.10. The second-order valence-corrected chi connectivity index (χ2v) is 5.31. The average Bonchev–Trinajstić information content (AvgIpc) is 2.49. The molecule has 0 atom stereocenters. The van der Waals surface area contributed by atoms with Crippen molar-refractivity contribution in [2.75, 3.05) is 0 Å². The smallest absolute Gasteiger partial charge is 0.335 e. The molecule has 0 aliphatic carbocycles. The zero-order valence-electron chi connectivity index (χ0n) is 10.8. The number of hydrogen-bond donors (Lipinski definition) is 1. The normalized spacial score (nSPS) is 10.9. The molecule has 0 fully saturated rings. The van der Waals surface area contributed by atoms with Crippen molar-refractivity contribution in [3.05, 3.63) is 58.2 Å². The SMILES string of the molecule is O=C(O)c1ccc2c(F)cnc(-c3c(Cl)cncc3Cl)c2c1. The molecule has 0 amide bonds. The molecule has 0 aliphatic heterocycles. The molecule has 0 unspecified atom stereocenters. The molecule has 4 nitrogen and oxygen atoms in total. The summed E-state index contributed by atoms with van der Waals surface area (Å²) in [5, 5.41) is 10.1. The Morgan fingerprint density at radius 3 is 2.41 bits per heavy atom. The Labute approximate surface area is 134 Å². The third-order valence-corrected chi connectivity index (χ3v) is 3.75. The van der Waals surface area contributed by atoms with Gasteiger partial charge in [-0.3, -0.25) is 9.97 Å². The van der Waals surface area contributed by atoms with E-state index in [4.69, 9.17) is 28.3 Å². The number of carboxylic acid groups (broad SMARTS) is 1. The highest BCUT2D eigenvalue weighted by Gasteiger charge is 2.17. The first-order chi connectivity index (χ1) is 10.5. The maximum atomic E-state index is 13.9. The number of fused-ring (bicyclic) bond motifs is 1. The largest absolute Gasteiger partial charge is 0.478 e. The van der Waals surface area contributed by atoms with E-state index in [0.717, 1.165) is 6.20 Å². The van der Waals surface area contributed by atoms with Crippen LogP contribution in [0.15, 0.2) is 36.8 Å². The second-order valence-electron chi connectivity index (χ2n) is 4.50. The van der Waals surface area contributed by atoms with Crippen LogP contribution in [0.1, 0.15) is 10.4 Å². The molecule has 3 rings (SSSR count). The molecule has 22 heavy (non-hydrogen) atoms. The third-order valence-electron chi connectivity index (χ3n) is 3.18. The van der Waals surface area contributed by atoms with Gasteiger partial charge in [0.25, 0.3) is 0 Å². The summed E-state index contributed by atoms with van der Waals surface area (Å²) in [6, 6.07) is 4.06. The molecule has 0 saturated carbocycles. The highest BCUT2D eigenvalue weighted by Crippen LogP contribution is 2.37. The van der Waals surface area contributed by atoms with E-state index < -0.39 is 11.8 Å². The number of hydrogen-bond acceptors (Lipinski definition) is 3. The molecule has 7 heteroatoms. The molecule has 2 heterocycles. The van der Waals surface area contributed by atoms with E-state index in [1.54, 1.807) is 0 Å². The van der Waals surface area contributed by atoms with E-state index in [2.05, 4.69) is 9.97 Å². The van der Waals surface area contributed by atoms with E-state index >= 15 is 0 Å². The Morgan fingerprint density at radius 2 is 1.77 bits per heavy atom. The summed E-state index contributed by atoms with van der Waals surface area (Å²) in [5.74, 6) is -1.68. The highest BCUT2D eigenvalue weighted by molar-refractivity contribution is 6.39. The fourth-order valence-electron chi connectivity index (χ4n) is 2.18. The fourth-order valence-corrected chi connectivity index (χ4v) is 2.72. The summed E-state index contributed by atoms with van der Waals surface area (Å²) in [5.41, 5.74) is 0.699. The van der Waals surface area contributed by atoms with E-state index in [0.29, 0.717) is 16.6 Å². The quantitative estimate of drug-likeness (QED) is 0.751. The number of carbonyl (C=O) groups is 1. The number of halogens is 3. The summed E-state index contributed by atoms with van der Waals surface area (Å²) in [6.07, 6.45) is 3.83. The van der Waals surface area contributed by atoms with Crippen LogP contribution in [0.5, 0.6) is 0 Å². The fraction of sp³-hybridized carbons (Fsp3) is 0. The van der Waals surface area contributed by atoms with E-state index in [-0.39, 0.29) is 21.0 Å². The van der Waals surface area contributed by atoms with Crippen LogP contribution in [-0.2, 0) is 0 Å². The number of rotatable bonds is 2. The Balaban J connectivity index is 2.41. The van der Waals surface area contributed by atoms with Gasteiger partial charge < -0.3 is 5.11 Å². The molecule has 1 aromatic carbocycles.